The molecule has 0 aromatic heterocycles. The lowest BCUT2D eigenvalue weighted by Crippen LogP contribution is -2.20. The SMILES string of the molecule is CCC(NC)c1ccc(C(F)(F)F)c(C(F)(F)F)c1. The van der Waals surface area contributed by atoms with Crippen LogP contribution in [-0.4, -0.2) is 7.05 Å². The quantitative estimate of drug-likeness (QED) is 0.812. The van der Waals surface area contributed by atoms with Gasteiger partial charge < -0.3 is 5.32 Å². The van der Waals surface area contributed by atoms with Crippen LogP contribution in [0.25, 0.3) is 0 Å². The highest BCUT2D eigenvalue weighted by Crippen LogP contribution is 2.41. The fourth-order valence-corrected chi connectivity index (χ4v) is 1.87. The van der Waals surface area contributed by atoms with Gasteiger partial charge in [0.2, 0.25) is 0 Å². The topological polar surface area (TPSA) is 12.0 Å². The van der Waals surface area contributed by atoms with Crippen molar-refractivity contribution in [2.75, 3.05) is 7.05 Å². The second kappa shape index (κ2) is 5.40. The summed E-state index contributed by atoms with van der Waals surface area (Å²) < 4.78 is 75.8. The van der Waals surface area contributed by atoms with Crippen molar-refractivity contribution < 1.29 is 26.3 Å². The van der Waals surface area contributed by atoms with E-state index in [1.807, 2.05) is 0 Å². The standard InChI is InChI=1S/C12H13F6N/c1-3-10(19-2)7-4-5-8(11(13,14)15)9(6-7)12(16,17)18/h4-6,10,19H,3H2,1-2H3. The molecule has 0 aliphatic heterocycles. The molecule has 0 amide bonds. The molecule has 1 unspecified atom stereocenters. The zero-order valence-corrected chi connectivity index (χ0v) is 10.3. The van der Waals surface area contributed by atoms with Gasteiger partial charge in [0.15, 0.2) is 0 Å². The first-order valence-corrected chi connectivity index (χ1v) is 5.56. The molecular formula is C12H13F6N. The maximum atomic E-state index is 12.7. The predicted molar refractivity (Wildman–Crippen MR) is 58.5 cm³/mol. The first-order valence-electron chi connectivity index (χ1n) is 5.56. The number of halogens is 6. The van der Waals surface area contributed by atoms with Crippen LogP contribution in [-0.2, 0) is 12.4 Å². The molecule has 0 saturated carbocycles. The summed E-state index contributed by atoms with van der Waals surface area (Å²) in [6, 6.07) is 1.71. The van der Waals surface area contributed by atoms with Gasteiger partial charge in [-0.3, -0.25) is 0 Å². The van der Waals surface area contributed by atoms with Crippen molar-refractivity contribution in [3.05, 3.63) is 34.9 Å². The Morgan fingerprint density at radius 3 is 1.89 bits per heavy atom. The minimum absolute atomic E-state index is 0.185. The average Bonchev–Trinajstić information content (AvgIpc) is 2.28. The fourth-order valence-electron chi connectivity index (χ4n) is 1.87. The second-order valence-corrected chi connectivity index (χ2v) is 4.05. The first kappa shape index (κ1) is 15.8. The monoisotopic (exact) mass is 285 g/mol. The largest absolute Gasteiger partial charge is 0.417 e. The van der Waals surface area contributed by atoms with Crippen LogP contribution in [0.3, 0.4) is 0 Å². The lowest BCUT2D eigenvalue weighted by molar-refractivity contribution is -0.162. The first-order chi connectivity index (χ1) is 8.61. The molecule has 1 rings (SSSR count). The van der Waals surface area contributed by atoms with Gasteiger partial charge in [-0.25, -0.2) is 0 Å². The van der Waals surface area contributed by atoms with Crippen LogP contribution in [0.1, 0.15) is 36.1 Å². The number of hydrogen-bond acceptors (Lipinski definition) is 1. The number of hydrogen-bond donors (Lipinski definition) is 1. The van der Waals surface area contributed by atoms with Crippen molar-refractivity contribution in [3.8, 4) is 0 Å². The fraction of sp³-hybridized carbons (Fsp3) is 0.500. The zero-order valence-electron chi connectivity index (χ0n) is 10.3. The summed E-state index contributed by atoms with van der Waals surface area (Å²) in [6.07, 6.45) is -9.59. The molecule has 1 aromatic rings. The highest BCUT2D eigenvalue weighted by atomic mass is 19.4. The number of benzene rings is 1. The molecule has 1 nitrogen and oxygen atoms in total. The third-order valence-corrected chi connectivity index (χ3v) is 2.81. The molecular weight excluding hydrogens is 272 g/mol. The van der Waals surface area contributed by atoms with Gasteiger partial charge in [-0.2, -0.15) is 26.3 Å². The number of nitrogens with one attached hydrogen (secondary N) is 1. The van der Waals surface area contributed by atoms with E-state index in [4.69, 9.17) is 0 Å². The smallest absolute Gasteiger partial charge is 0.313 e. The molecule has 1 aromatic carbocycles. The highest BCUT2D eigenvalue weighted by Gasteiger charge is 2.43. The van der Waals surface area contributed by atoms with Gasteiger partial charge in [-0.05, 0) is 31.2 Å². The summed E-state index contributed by atoms with van der Waals surface area (Å²) >= 11 is 0. The third kappa shape index (κ3) is 3.62. The van der Waals surface area contributed by atoms with Gasteiger partial charge in [0.25, 0.3) is 0 Å². The van der Waals surface area contributed by atoms with Crippen molar-refractivity contribution in [1.29, 1.82) is 0 Å². The van der Waals surface area contributed by atoms with Crippen LogP contribution < -0.4 is 5.32 Å². The molecule has 0 heterocycles. The van der Waals surface area contributed by atoms with Crippen LogP contribution in [0.5, 0.6) is 0 Å². The third-order valence-electron chi connectivity index (χ3n) is 2.81. The summed E-state index contributed by atoms with van der Waals surface area (Å²) in [5.74, 6) is 0. The molecule has 0 aliphatic carbocycles. The van der Waals surface area contributed by atoms with Gasteiger partial charge in [0.1, 0.15) is 0 Å². The Hall–Kier alpha value is -1.24. The highest BCUT2D eigenvalue weighted by molar-refractivity contribution is 5.37. The molecule has 0 radical (unpaired) electrons. The molecule has 108 valence electrons. The summed E-state index contributed by atoms with van der Waals surface area (Å²) in [5.41, 5.74) is -3.12. The lowest BCUT2D eigenvalue weighted by atomic mass is 9.97. The molecule has 19 heavy (non-hydrogen) atoms. The molecule has 0 fully saturated rings. The van der Waals surface area contributed by atoms with Crippen molar-refractivity contribution in [2.24, 2.45) is 0 Å². The molecule has 0 aliphatic rings. The lowest BCUT2D eigenvalue weighted by Gasteiger charge is -2.20. The molecule has 0 spiro atoms. The summed E-state index contributed by atoms with van der Waals surface area (Å²) in [4.78, 5) is 0. The van der Waals surface area contributed by atoms with E-state index in [9.17, 15) is 26.3 Å². The molecule has 7 heteroatoms. The van der Waals surface area contributed by atoms with Gasteiger partial charge in [-0.1, -0.05) is 13.0 Å². The molecule has 0 saturated heterocycles. The Bertz CT molecular complexity index is 431. The van der Waals surface area contributed by atoms with Crippen LogP contribution in [0.15, 0.2) is 18.2 Å². The maximum absolute atomic E-state index is 12.7. The van der Waals surface area contributed by atoms with E-state index < -0.39 is 29.5 Å². The van der Waals surface area contributed by atoms with E-state index in [1.165, 1.54) is 0 Å². The van der Waals surface area contributed by atoms with E-state index in [1.54, 1.807) is 14.0 Å². The summed E-state index contributed by atoms with van der Waals surface area (Å²) in [6.45, 7) is 1.73. The normalized spacial score (nSPS) is 14.5. The van der Waals surface area contributed by atoms with Crippen LogP contribution in [0.2, 0.25) is 0 Å². The Labute approximate surface area is 106 Å². The minimum Gasteiger partial charge on any atom is -0.313 e. The van der Waals surface area contributed by atoms with Gasteiger partial charge in [0, 0.05) is 6.04 Å². The number of rotatable bonds is 3. The van der Waals surface area contributed by atoms with Crippen LogP contribution in [0, 0.1) is 0 Å². The van der Waals surface area contributed by atoms with E-state index in [2.05, 4.69) is 5.32 Å². The Balaban J connectivity index is 3.40. The average molecular weight is 285 g/mol. The Morgan fingerprint density at radius 2 is 1.53 bits per heavy atom. The summed E-state index contributed by atoms with van der Waals surface area (Å²) in [7, 11) is 1.54. The van der Waals surface area contributed by atoms with E-state index in [-0.39, 0.29) is 5.56 Å². The van der Waals surface area contributed by atoms with Crippen molar-refractivity contribution in [2.45, 2.75) is 31.7 Å². The van der Waals surface area contributed by atoms with Crippen LogP contribution >= 0.6 is 0 Å². The molecule has 0 bridgehead atoms. The minimum atomic E-state index is -5.03. The number of alkyl halides is 6. The van der Waals surface area contributed by atoms with E-state index in [0.29, 0.717) is 18.6 Å². The zero-order chi connectivity index (χ0) is 14.8. The van der Waals surface area contributed by atoms with Gasteiger partial charge >= 0.3 is 12.4 Å². The van der Waals surface area contributed by atoms with Crippen molar-refractivity contribution in [1.82, 2.24) is 5.32 Å². The molecule has 1 atom stereocenters. The van der Waals surface area contributed by atoms with E-state index in [0.717, 1.165) is 6.07 Å². The van der Waals surface area contributed by atoms with Gasteiger partial charge in [0.05, 0.1) is 11.1 Å². The van der Waals surface area contributed by atoms with Crippen molar-refractivity contribution in [3.63, 3.8) is 0 Å². The Kier molecular flexibility index (Phi) is 4.50. The molecule has 1 N–H and O–H groups in total. The summed E-state index contributed by atoms with van der Waals surface area (Å²) in [5, 5.41) is 2.76. The second-order valence-electron chi connectivity index (χ2n) is 4.05. The van der Waals surface area contributed by atoms with Crippen LogP contribution in [0.4, 0.5) is 26.3 Å². The predicted octanol–water partition coefficient (Wildman–Crippen LogP) is 4.39. The van der Waals surface area contributed by atoms with Gasteiger partial charge in [-0.15, -0.1) is 0 Å². The maximum Gasteiger partial charge on any atom is 0.417 e. The van der Waals surface area contributed by atoms with Crippen molar-refractivity contribution >= 4 is 0 Å². The Morgan fingerprint density at radius 1 is 1.00 bits per heavy atom. The van der Waals surface area contributed by atoms with E-state index >= 15 is 0 Å².